The molecule has 3 aromatic carbocycles. The molecule has 4 nitrogen and oxygen atoms in total. The Bertz CT molecular complexity index is 1090. The summed E-state index contributed by atoms with van der Waals surface area (Å²) in [5.74, 6) is 0.317. The van der Waals surface area contributed by atoms with Crippen molar-refractivity contribution in [3.8, 4) is 5.75 Å². The Hall–Kier alpha value is -3.37. The average Bonchev–Trinajstić information content (AvgIpc) is 3.04. The maximum atomic E-state index is 12.8. The van der Waals surface area contributed by atoms with Gasteiger partial charge in [0, 0.05) is 24.7 Å². The van der Waals surface area contributed by atoms with Gasteiger partial charge in [-0.3, -0.25) is 4.79 Å². The number of carbonyl (C=O) groups excluding carboxylic acids is 1. The second kappa shape index (κ2) is 11.5. The molecular weight excluding hydrogens is 408 g/mol. The van der Waals surface area contributed by atoms with E-state index in [0.29, 0.717) is 24.9 Å². The molecule has 1 atom stereocenters. The zero-order valence-electron chi connectivity index (χ0n) is 19.0. The standard InChI is InChI=1S/C29H32N2O2/c32-27-17-16-24-19-26(14-8-13-23(24)20-27)31-21-25-12-4-5-15-28(25)29(33)30-18-7-6-11-22-9-2-1-3-10-22/h1-6,9-12,15-17,20,26,31-32H,7-8,13-14,18-19,21H2,(H,30,33)/b11-6+. The highest BCUT2D eigenvalue weighted by atomic mass is 16.3. The molecule has 0 saturated heterocycles. The Morgan fingerprint density at radius 2 is 1.82 bits per heavy atom. The van der Waals surface area contributed by atoms with Crippen LogP contribution in [0.4, 0.5) is 0 Å². The summed E-state index contributed by atoms with van der Waals surface area (Å²) in [5, 5.41) is 16.5. The second-order valence-electron chi connectivity index (χ2n) is 8.64. The van der Waals surface area contributed by atoms with Crippen molar-refractivity contribution in [2.45, 2.75) is 44.7 Å². The number of benzene rings is 3. The molecule has 33 heavy (non-hydrogen) atoms. The minimum Gasteiger partial charge on any atom is -0.508 e. The third-order valence-corrected chi connectivity index (χ3v) is 6.20. The van der Waals surface area contributed by atoms with E-state index in [9.17, 15) is 9.90 Å². The Morgan fingerprint density at radius 3 is 2.70 bits per heavy atom. The number of hydrogen-bond acceptors (Lipinski definition) is 3. The Kier molecular flexibility index (Phi) is 7.94. The number of fused-ring (bicyclic) bond motifs is 1. The summed E-state index contributed by atoms with van der Waals surface area (Å²) in [6.45, 7) is 1.27. The molecule has 170 valence electrons. The van der Waals surface area contributed by atoms with Gasteiger partial charge in [-0.2, -0.15) is 0 Å². The quantitative estimate of drug-likeness (QED) is 0.331. The minimum atomic E-state index is -0.0257. The van der Waals surface area contributed by atoms with Crippen molar-refractivity contribution in [3.05, 3.63) is 107 Å². The fraction of sp³-hybridized carbons (Fsp3) is 0.276. The minimum absolute atomic E-state index is 0.0257. The van der Waals surface area contributed by atoms with E-state index in [-0.39, 0.29) is 5.91 Å². The fourth-order valence-corrected chi connectivity index (χ4v) is 4.42. The summed E-state index contributed by atoms with van der Waals surface area (Å²) in [6.07, 6.45) is 9.07. The van der Waals surface area contributed by atoms with Crippen LogP contribution < -0.4 is 10.6 Å². The van der Waals surface area contributed by atoms with Gasteiger partial charge in [0.15, 0.2) is 0 Å². The molecule has 0 heterocycles. The van der Waals surface area contributed by atoms with Gasteiger partial charge < -0.3 is 15.7 Å². The lowest BCUT2D eigenvalue weighted by Gasteiger charge is -2.18. The Balaban J connectivity index is 1.30. The number of nitrogens with one attached hydrogen (secondary N) is 2. The maximum Gasteiger partial charge on any atom is 0.251 e. The summed E-state index contributed by atoms with van der Waals surface area (Å²) in [6, 6.07) is 24.1. The van der Waals surface area contributed by atoms with Crippen molar-refractivity contribution < 1.29 is 9.90 Å². The zero-order chi connectivity index (χ0) is 22.9. The number of rotatable bonds is 8. The number of aromatic hydroxyl groups is 1. The van der Waals surface area contributed by atoms with E-state index in [4.69, 9.17) is 0 Å². The van der Waals surface area contributed by atoms with Crippen molar-refractivity contribution in [2.75, 3.05) is 6.54 Å². The van der Waals surface area contributed by atoms with Gasteiger partial charge in [0.05, 0.1) is 0 Å². The molecule has 0 saturated carbocycles. The van der Waals surface area contributed by atoms with Crippen molar-refractivity contribution in [1.82, 2.24) is 10.6 Å². The predicted octanol–water partition coefficient (Wildman–Crippen LogP) is 5.26. The molecule has 1 amide bonds. The van der Waals surface area contributed by atoms with Crippen LogP contribution in [0, 0.1) is 0 Å². The largest absolute Gasteiger partial charge is 0.508 e. The average molecular weight is 441 g/mol. The number of amides is 1. The molecule has 0 aliphatic heterocycles. The number of phenols is 1. The zero-order valence-corrected chi connectivity index (χ0v) is 19.0. The third kappa shape index (κ3) is 6.56. The van der Waals surface area contributed by atoms with Crippen LogP contribution in [0.2, 0.25) is 0 Å². The van der Waals surface area contributed by atoms with E-state index < -0.39 is 0 Å². The lowest BCUT2D eigenvalue weighted by Crippen LogP contribution is -2.32. The number of phenolic OH excluding ortho intramolecular Hbond substituents is 1. The first-order valence-corrected chi connectivity index (χ1v) is 11.8. The molecule has 0 radical (unpaired) electrons. The van der Waals surface area contributed by atoms with E-state index in [1.807, 2.05) is 54.6 Å². The molecular formula is C29H32N2O2. The molecule has 1 aliphatic carbocycles. The van der Waals surface area contributed by atoms with E-state index in [0.717, 1.165) is 48.8 Å². The summed E-state index contributed by atoms with van der Waals surface area (Å²) in [7, 11) is 0. The number of aryl methyl sites for hydroxylation is 1. The first-order valence-electron chi connectivity index (χ1n) is 11.8. The van der Waals surface area contributed by atoms with Gasteiger partial charge in [-0.15, -0.1) is 0 Å². The molecule has 0 spiro atoms. The Morgan fingerprint density at radius 1 is 1.00 bits per heavy atom. The van der Waals surface area contributed by atoms with Gasteiger partial charge in [-0.05, 0) is 72.6 Å². The van der Waals surface area contributed by atoms with E-state index in [1.54, 1.807) is 6.07 Å². The van der Waals surface area contributed by atoms with Gasteiger partial charge in [-0.1, -0.05) is 66.7 Å². The number of hydrogen-bond donors (Lipinski definition) is 3. The van der Waals surface area contributed by atoms with Crippen LogP contribution in [0.5, 0.6) is 5.75 Å². The van der Waals surface area contributed by atoms with Crippen LogP contribution in [-0.2, 0) is 19.4 Å². The van der Waals surface area contributed by atoms with Crippen LogP contribution in [0.15, 0.2) is 78.9 Å². The van der Waals surface area contributed by atoms with Crippen molar-refractivity contribution in [1.29, 1.82) is 0 Å². The number of carbonyl (C=O) groups is 1. The third-order valence-electron chi connectivity index (χ3n) is 6.20. The Labute approximate surface area is 196 Å². The van der Waals surface area contributed by atoms with Gasteiger partial charge in [0.1, 0.15) is 5.75 Å². The van der Waals surface area contributed by atoms with E-state index >= 15 is 0 Å². The molecule has 1 aliphatic rings. The predicted molar refractivity (Wildman–Crippen MR) is 134 cm³/mol. The van der Waals surface area contributed by atoms with Crippen molar-refractivity contribution in [3.63, 3.8) is 0 Å². The normalized spacial score (nSPS) is 15.7. The van der Waals surface area contributed by atoms with Crippen molar-refractivity contribution in [2.24, 2.45) is 0 Å². The molecule has 0 aromatic heterocycles. The van der Waals surface area contributed by atoms with Gasteiger partial charge in [0.25, 0.3) is 5.91 Å². The first-order chi connectivity index (χ1) is 16.2. The molecule has 4 heteroatoms. The monoisotopic (exact) mass is 440 g/mol. The topological polar surface area (TPSA) is 61.4 Å². The summed E-state index contributed by atoms with van der Waals surface area (Å²) in [4.78, 5) is 12.8. The van der Waals surface area contributed by atoms with E-state index in [1.165, 1.54) is 11.1 Å². The van der Waals surface area contributed by atoms with Crippen LogP contribution >= 0.6 is 0 Å². The lowest BCUT2D eigenvalue weighted by atomic mass is 10.0. The smallest absolute Gasteiger partial charge is 0.251 e. The molecule has 4 rings (SSSR count). The SMILES string of the molecule is O=C(NCC/C=C/c1ccccc1)c1ccccc1CNC1CCCc2cc(O)ccc2C1. The fourth-order valence-electron chi connectivity index (χ4n) is 4.42. The highest BCUT2D eigenvalue weighted by molar-refractivity contribution is 5.95. The molecule has 1 unspecified atom stereocenters. The van der Waals surface area contributed by atoms with Crippen LogP contribution in [-0.4, -0.2) is 23.6 Å². The van der Waals surface area contributed by atoms with Crippen molar-refractivity contribution >= 4 is 12.0 Å². The molecule has 0 bridgehead atoms. The summed E-state index contributed by atoms with van der Waals surface area (Å²) >= 11 is 0. The van der Waals surface area contributed by atoms with Crippen LogP contribution in [0.25, 0.3) is 6.08 Å². The highest BCUT2D eigenvalue weighted by Crippen LogP contribution is 2.24. The lowest BCUT2D eigenvalue weighted by molar-refractivity contribution is 0.0953. The molecule has 3 N–H and O–H groups in total. The van der Waals surface area contributed by atoms with Gasteiger partial charge >= 0.3 is 0 Å². The van der Waals surface area contributed by atoms with Gasteiger partial charge in [0.2, 0.25) is 0 Å². The summed E-state index contributed by atoms with van der Waals surface area (Å²) in [5.41, 5.74) is 5.47. The second-order valence-corrected chi connectivity index (χ2v) is 8.64. The van der Waals surface area contributed by atoms with E-state index in [2.05, 4.69) is 34.9 Å². The van der Waals surface area contributed by atoms with Gasteiger partial charge in [-0.25, -0.2) is 0 Å². The van der Waals surface area contributed by atoms with Crippen LogP contribution in [0.1, 0.15) is 51.9 Å². The first kappa shape index (κ1) is 22.8. The molecule has 3 aromatic rings. The molecule has 0 fully saturated rings. The summed E-state index contributed by atoms with van der Waals surface area (Å²) < 4.78 is 0. The van der Waals surface area contributed by atoms with Crippen LogP contribution in [0.3, 0.4) is 0 Å². The highest BCUT2D eigenvalue weighted by Gasteiger charge is 2.18. The maximum absolute atomic E-state index is 12.8.